The molecule has 4 rings (SSSR count). The summed E-state index contributed by atoms with van der Waals surface area (Å²) in [6.07, 6.45) is 7.57. The average Bonchev–Trinajstić information content (AvgIpc) is 3.21. The molecule has 1 aliphatic carbocycles. The molecule has 0 radical (unpaired) electrons. The Bertz CT molecular complexity index is 588. The Balaban J connectivity index is 1.43. The molecule has 0 spiro atoms. The van der Waals surface area contributed by atoms with Crippen LogP contribution in [0.1, 0.15) is 29.0 Å². The molecular formula is C15H18N4S. The van der Waals surface area contributed by atoms with Gasteiger partial charge in [-0.1, -0.05) is 0 Å². The van der Waals surface area contributed by atoms with E-state index in [2.05, 4.69) is 31.6 Å². The lowest BCUT2D eigenvalue weighted by molar-refractivity contribution is 0.668. The third kappa shape index (κ3) is 2.55. The lowest BCUT2D eigenvalue weighted by Crippen LogP contribution is -2.30. The molecule has 5 heteroatoms. The van der Waals surface area contributed by atoms with Crippen LogP contribution >= 0.6 is 11.3 Å². The molecule has 2 aromatic rings. The normalized spacial score (nSPS) is 18.1. The molecule has 1 saturated carbocycles. The molecule has 104 valence electrons. The molecule has 1 aliphatic heterocycles. The predicted molar refractivity (Wildman–Crippen MR) is 81.0 cm³/mol. The topological polar surface area (TPSA) is 41.1 Å². The lowest BCUT2D eigenvalue weighted by Gasteiger charge is -2.27. The van der Waals surface area contributed by atoms with E-state index in [-0.39, 0.29) is 0 Å². The molecule has 0 saturated heterocycles. The highest BCUT2D eigenvalue weighted by atomic mass is 32.1. The van der Waals surface area contributed by atoms with Gasteiger partial charge in [-0.25, -0.2) is 4.98 Å². The van der Waals surface area contributed by atoms with Crippen LogP contribution in [0, 0.1) is 0 Å². The maximum atomic E-state index is 4.58. The third-order valence-electron chi connectivity index (χ3n) is 3.97. The van der Waals surface area contributed by atoms with Crippen molar-refractivity contribution in [1.82, 2.24) is 15.3 Å². The second-order valence-corrected chi connectivity index (χ2v) is 6.56. The summed E-state index contributed by atoms with van der Waals surface area (Å²) in [7, 11) is 0. The maximum absolute atomic E-state index is 4.58. The van der Waals surface area contributed by atoms with Crippen molar-refractivity contribution in [1.29, 1.82) is 0 Å². The van der Waals surface area contributed by atoms with Crippen molar-refractivity contribution in [3.8, 4) is 0 Å². The first-order chi connectivity index (χ1) is 9.88. The van der Waals surface area contributed by atoms with E-state index in [1.165, 1.54) is 23.3 Å². The van der Waals surface area contributed by atoms with Gasteiger partial charge in [0, 0.05) is 30.6 Å². The Hall–Kier alpha value is -1.46. The van der Waals surface area contributed by atoms with E-state index in [9.17, 15) is 0 Å². The summed E-state index contributed by atoms with van der Waals surface area (Å²) < 4.78 is 0. The minimum absolute atomic E-state index is 0.718. The van der Waals surface area contributed by atoms with Crippen molar-refractivity contribution < 1.29 is 0 Å². The molecule has 0 bridgehead atoms. The molecule has 2 aromatic heterocycles. The van der Waals surface area contributed by atoms with Crippen LogP contribution in [0.4, 0.5) is 5.82 Å². The van der Waals surface area contributed by atoms with Crippen LogP contribution in [0.5, 0.6) is 0 Å². The van der Waals surface area contributed by atoms with E-state index in [4.69, 9.17) is 0 Å². The van der Waals surface area contributed by atoms with E-state index in [0.29, 0.717) is 0 Å². The number of nitrogens with zero attached hydrogens (tertiary/aromatic N) is 3. The Morgan fingerprint density at radius 1 is 1.30 bits per heavy atom. The van der Waals surface area contributed by atoms with E-state index in [1.807, 2.05) is 23.7 Å². The van der Waals surface area contributed by atoms with E-state index in [0.717, 1.165) is 43.6 Å². The number of nitrogens with one attached hydrogen (secondary N) is 1. The second-order valence-electron chi connectivity index (χ2n) is 5.56. The highest BCUT2D eigenvalue weighted by molar-refractivity contribution is 7.10. The van der Waals surface area contributed by atoms with Crippen LogP contribution < -0.4 is 10.2 Å². The largest absolute Gasteiger partial charge is 0.351 e. The quantitative estimate of drug-likeness (QED) is 0.937. The number of anilines is 1. The van der Waals surface area contributed by atoms with Gasteiger partial charge in [-0.15, -0.1) is 11.3 Å². The minimum Gasteiger partial charge on any atom is -0.351 e. The summed E-state index contributed by atoms with van der Waals surface area (Å²) in [5.74, 6) is 0.997. The standard InChI is InChI=1S/C15H18N4S/c1-2-12(1)16-7-13-8-18-15(9-17-13)19-5-3-14-11(10-19)4-6-20-14/h4,6,8-9,12,16H,1-3,5,7,10H2. The number of fused-ring (bicyclic) bond motifs is 1. The Morgan fingerprint density at radius 2 is 2.25 bits per heavy atom. The Labute approximate surface area is 122 Å². The van der Waals surface area contributed by atoms with Crippen molar-refractivity contribution in [2.24, 2.45) is 0 Å². The Morgan fingerprint density at radius 3 is 3.05 bits per heavy atom. The first-order valence-electron chi connectivity index (χ1n) is 7.23. The van der Waals surface area contributed by atoms with E-state index >= 15 is 0 Å². The molecule has 1 fully saturated rings. The van der Waals surface area contributed by atoms with Gasteiger partial charge in [-0.05, 0) is 36.3 Å². The number of hydrogen-bond donors (Lipinski definition) is 1. The van der Waals surface area contributed by atoms with Gasteiger partial charge < -0.3 is 10.2 Å². The van der Waals surface area contributed by atoms with Gasteiger partial charge in [0.2, 0.25) is 0 Å². The first-order valence-corrected chi connectivity index (χ1v) is 8.11. The maximum Gasteiger partial charge on any atom is 0.147 e. The summed E-state index contributed by atoms with van der Waals surface area (Å²) in [5, 5.41) is 5.65. The number of hydrogen-bond acceptors (Lipinski definition) is 5. The van der Waals surface area contributed by atoms with Crippen molar-refractivity contribution in [2.75, 3.05) is 11.4 Å². The zero-order chi connectivity index (χ0) is 13.4. The van der Waals surface area contributed by atoms with Gasteiger partial charge in [0.1, 0.15) is 5.82 Å². The molecular weight excluding hydrogens is 268 g/mol. The highest BCUT2D eigenvalue weighted by Crippen LogP contribution is 2.26. The molecule has 0 aromatic carbocycles. The summed E-state index contributed by atoms with van der Waals surface area (Å²) in [4.78, 5) is 13.0. The lowest BCUT2D eigenvalue weighted by atomic mass is 10.1. The summed E-state index contributed by atoms with van der Waals surface area (Å²) >= 11 is 1.87. The number of rotatable bonds is 4. The van der Waals surface area contributed by atoms with Crippen molar-refractivity contribution >= 4 is 17.2 Å². The summed E-state index contributed by atoms with van der Waals surface area (Å²) in [5.41, 5.74) is 2.48. The summed E-state index contributed by atoms with van der Waals surface area (Å²) in [6, 6.07) is 2.95. The molecule has 4 nitrogen and oxygen atoms in total. The van der Waals surface area contributed by atoms with Crippen molar-refractivity contribution in [2.45, 2.75) is 38.4 Å². The average molecular weight is 286 g/mol. The molecule has 0 unspecified atom stereocenters. The Kier molecular flexibility index (Phi) is 3.16. The molecule has 2 aliphatic rings. The van der Waals surface area contributed by atoms with Crippen LogP contribution in [-0.4, -0.2) is 22.6 Å². The van der Waals surface area contributed by atoms with Gasteiger partial charge in [-0.3, -0.25) is 4.98 Å². The van der Waals surface area contributed by atoms with Crippen molar-refractivity contribution in [3.63, 3.8) is 0 Å². The van der Waals surface area contributed by atoms with Gasteiger partial charge in [0.05, 0.1) is 18.1 Å². The predicted octanol–water partition coefficient (Wildman–Crippen LogP) is 2.35. The highest BCUT2D eigenvalue weighted by Gasteiger charge is 2.21. The molecule has 1 N–H and O–H groups in total. The fourth-order valence-corrected chi connectivity index (χ4v) is 3.47. The minimum atomic E-state index is 0.718. The van der Waals surface area contributed by atoms with Crippen LogP contribution in [-0.2, 0) is 19.5 Å². The fourth-order valence-electron chi connectivity index (χ4n) is 2.58. The van der Waals surface area contributed by atoms with Gasteiger partial charge in [0.25, 0.3) is 0 Å². The SMILES string of the molecule is c1cc2c(s1)CCN(c1cnc(CNC3CC3)cn1)C2. The zero-order valence-corrected chi connectivity index (χ0v) is 12.2. The molecule has 0 atom stereocenters. The molecule has 0 amide bonds. The van der Waals surface area contributed by atoms with Crippen LogP contribution in [0.3, 0.4) is 0 Å². The van der Waals surface area contributed by atoms with Crippen molar-refractivity contribution in [3.05, 3.63) is 40.0 Å². The monoisotopic (exact) mass is 286 g/mol. The smallest absolute Gasteiger partial charge is 0.147 e. The van der Waals surface area contributed by atoms with Gasteiger partial charge in [-0.2, -0.15) is 0 Å². The number of aromatic nitrogens is 2. The van der Waals surface area contributed by atoms with Crippen LogP contribution in [0.2, 0.25) is 0 Å². The zero-order valence-electron chi connectivity index (χ0n) is 11.4. The van der Waals surface area contributed by atoms with Crippen LogP contribution in [0.15, 0.2) is 23.8 Å². The van der Waals surface area contributed by atoms with E-state index < -0.39 is 0 Å². The first kappa shape index (κ1) is 12.3. The molecule has 20 heavy (non-hydrogen) atoms. The number of thiophene rings is 1. The fraction of sp³-hybridized carbons (Fsp3) is 0.467. The van der Waals surface area contributed by atoms with Gasteiger partial charge >= 0.3 is 0 Å². The summed E-state index contributed by atoms with van der Waals surface area (Å²) in [6.45, 7) is 2.85. The third-order valence-corrected chi connectivity index (χ3v) is 5.00. The van der Waals surface area contributed by atoms with E-state index in [1.54, 1.807) is 0 Å². The second kappa shape index (κ2) is 5.14. The molecule has 3 heterocycles. The van der Waals surface area contributed by atoms with Crippen LogP contribution in [0.25, 0.3) is 0 Å². The van der Waals surface area contributed by atoms with Gasteiger partial charge in [0.15, 0.2) is 0 Å².